The fourth-order valence-corrected chi connectivity index (χ4v) is 3.95. The Balaban J connectivity index is 1.42. The van der Waals surface area contributed by atoms with E-state index in [4.69, 9.17) is 9.47 Å². The SMILES string of the molecule is COc1ccc(Oc2ncc(CN3CCc4nc(C(F)(F)F)[nH]c(=O)c4C3)s2)cc1. The van der Waals surface area contributed by atoms with Gasteiger partial charge in [0.2, 0.25) is 5.82 Å². The van der Waals surface area contributed by atoms with E-state index < -0.39 is 17.6 Å². The number of nitrogens with one attached hydrogen (secondary N) is 1. The Labute approximate surface area is 173 Å². The van der Waals surface area contributed by atoms with Gasteiger partial charge < -0.3 is 14.5 Å². The third-order valence-corrected chi connectivity index (χ3v) is 5.45. The highest BCUT2D eigenvalue weighted by atomic mass is 32.1. The minimum absolute atomic E-state index is 0.204. The van der Waals surface area contributed by atoms with Crippen LogP contribution in [0.25, 0.3) is 0 Å². The molecule has 30 heavy (non-hydrogen) atoms. The van der Waals surface area contributed by atoms with Crippen LogP contribution in [0.3, 0.4) is 0 Å². The van der Waals surface area contributed by atoms with Crippen LogP contribution in [0.5, 0.6) is 16.7 Å². The van der Waals surface area contributed by atoms with Gasteiger partial charge in [-0.1, -0.05) is 11.3 Å². The van der Waals surface area contributed by atoms with Crippen molar-refractivity contribution >= 4 is 11.3 Å². The molecule has 0 atom stereocenters. The summed E-state index contributed by atoms with van der Waals surface area (Å²) < 4.78 is 49.3. The minimum Gasteiger partial charge on any atom is -0.497 e. The molecule has 3 heterocycles. The summed E-state index contributed by atoms with van der Waals surface area (Å²) in [4.78, 5) is 24.7. The molecule has 3 aromatic rings. The fraction of sp³-hybridized carbons (Fsp3) is 0.316. The van der Waals surface area contributed by atoms with Crippen LogP contribution in [0.4, 0.5) is 13.2 Å². The van der Waals surface area contributed by atoms with Gasteiger partial charge in [0.25, 0.3) is 10.8 Å². The van der Waals surface area contributed by atoms with Crippen molar-refractivity contribution in [2.24, 2.45) is 0 Å². The first-order valence-corrected chi connectivity index (χ1v) is 9.81. The van der Waals surface area contributed by atoms with E-state index in [0.717, 1.165) is 10.6 Å². The molecule has 0 saturated heterocycles. The molecule has 0 unspecified atom stereocenters. The molecule has 0 saturated carbocycles. The molecule has 2 aromatic heterocycles. The number of rotatable bonds is 5. The maximum absolute atomic E-state index is 12.8. The van der Waals surface area contributed by atoms with Gasteiger partial charge in [-0.3, -0.25) is 9.69 Å². The topological polar surface area (TPSA) is 80.3 Å². The Hall–Kier alpha value is -2.92. The standard InChI is InChI=1S/C19H17F3N4O3S/c1-28-11-2-4-12(5-3-11)29-18-23-8-13(30-18)9-26-7-6-15-14(10-26)16(27)25-17(24-15)19(20,21)22/h2-5,8H,6-7,9-10H2,1H3,(H,24,25,27). The highest BCUT2D eigenvalue weighted by Gasteiger charge is 2.36. The molecule has 1 aromatic carbocycles. The van der Waals surface area contributed by atoms with Crippen molar-refractivity contribution in [3.05, 3.63) is 62.8 Å². The van der Waals surface area contributed by atoms with E-state index in [2.05, 4.69) is 9.97 Å². The first-order chi connectivity index (χ1) is 14.3. The van der Waals surface area contributed by atoms with Crippen LogP contribution in [0.15, 0.2) is 35.3 Å². The summed E-state index contributed by atoms with van der Waals surface area (Å²) in [5.41, 5.74) is -0.270. The lowest BCUT2D eigenvalue weighted by molar-refractivity contribution is -0.145. The van der Waals surface area contributed by atoms with Crippen molar-refractivity contribution in [3.8, 4) is 16.7 Å². The van der Waals surface area contributed by atoms with E-state index in [1.165, 1.54) is 11.3 Å². The smallest absolute Gasteiger partial charge is 0.449 e. The number of alkyl halides is 3. The molecule has 158 valence electrons. The molecule has 0 radical (unpaired) electrons. The van der Waals surface area contributed by atoms with Crippen molar-refractivity contribution in [1.82, 2.24) is 19.9 Å². The number of aromatic nitrogens is 3. The van der Waals surface area contributed by atoms with Crippen molar-refractivity contribution in [1.29, 1.82) is 0 Å². The maximum Gasteiger partial charge on any atom is 0.449 e. The van der Waals surface area contributed by atoms with Crippen molar-refractivity contribution < 1.29 is 22.6 Å². The second-order valence-corrected chi connectivity index (χ2v) is 7.75. The predicted molar refractivity (Wildman–Crippen MR) is 103 cm³/mol. The molecular formula is C19H17F3N4O3S. The van der Waals surface area contributed by atoms with Gasteiger partial charge in [-0.2, -0.15) is 13.2 Å². The molecule has 1 aliphatic heterocycles. The van der Waals surface area contributed by atoms with Gasteiger partial charge in [-0.05, 0) is 24.3 Å². The molecule has 0 fully saturated rings. The van der Waals surface area contributed by atoms with E-state index >= 15 is 0 Å². The summed E-state index contributed by atoms with van der Waals surface area (Å²) in [5.74, 6) is 0.101. The summed E-state index contributed by atoms with van der Waals surface area (Å²) in [6, 6.07) is 7.11. The van der Waals surface area contributed by atoms with Crippen LogP contribution in [-0.2, 0) is 25.7 Å². The zero-order valence-electron chi connectivity index (χ0n) is 15.8. The van der Waals surface area contributed by atoms with Gasteiger partial charge in [-0.15, -0.1) is 0 Å². The quantitative estimate of drug-likeness (QED) is 0.656. The summed E-state index contributed by atoms with van der Waals surface area (Å²) in [6.07, 6.45) is -2.71. The first-order valence-electron chi connectivity index (χ1n) is 9.00. The van der Waals surface area contributed by atoms with Crippen molar-refractivity contribution in [2.75, 3.05) is 13.7 Å². The number of hydrogen-bond donors (Lipinski definition) is 1. The third kappa shape index (κ3) is 4.46. The third-order valence-electron chi connectivity index (χ3n) is 4.59. The summed E-state index contributed by atoms with van der Waals surface area (Å²) in [5, 5.41) is 0.474. The fourth-order valence-electron chi connectivity index (χ4n) is 3.12. The number of methoxy groups -OCH3 is 1. The van der Waals surface area contributed by atoms with Crippen molar-refractivity contribution in [3.63, 3.8) is 0 Å². The van der Waals surface area contributed by atoms with Crippen LogP contribution in [0.2, 0.25) is 0 Å². The number of fused-ring (bicyclic) bond motifs is 1. The Kier molecular flexibility index (Phi) is 5.48. The highest BCUT2D eigenvalue weighted by molar-refractivity contribution is 7.13. The Morgan fingerprint density at radius 1 is 1.23 bits per heavy atom. The van der Waals surface area contributed by atoms with Gasteiger partial charge >= 0.3 is 6.18 Å². The van der Waals surface area contributed by atoms with Gasteiger partial charge in [0.15, 0.2) is 0 Å². The number of ether oxygens (including phenoxy) is 2. The lowest BCUT2D eigenvalue weighted by Gasteiger charge is -2.27. The molecule has 0 aliphatic carbocycles. The van der Waals surface area contributed by atoms with E-state index in [9.17, 15) is 18.0 Å². The number of halogens is 3. The highest BCUT2D eigenvalue weighted by Crippen LogP contribution is 2.30. The lowest BCUT2D eigenvalue weighted by atomic mass is 10.1. The summed E-state index contributed by atoms with van der Waals surface area (Å²) in [7, 11) is 1.58. The molecule has 11 heteroatoms. The van der Waals surface area contributed by atoms with Gasteiger partial charge in [0.1, 0.15) is 11.5 Å². The predicted octanol–water partition coefficient (Wildman–Crippen LogP) is 3.60. The molecule has 1 N–H and O–H groups in total. The maximum atomic E-state index is 12.8. The van der Waals surface area contributed by atoms with Crippen LogP contribution in [0.1, 0.15) is 22.0 Å². The average Bonchev–Trinajstić information content (AvgIpc) is 3.15. The Morgan fingerprint density at radius 3 is 2.67 bits per heavy atom. The van der Waals surface area contributed by atoms with Gasteiger partial charge in [0, 0.05) is 37.1 Å². The lowest BCUT2D eigenvalue weighted by Crippen LogP contribution is -2.36. The average molecular weight is 438 g/mol. The molecule has 1 aliphatic rings. The number of thiazole rings is 1. The molecule has 4 rings (SSSR count). The minimum atomic E-state index is -4.67. The first kappa shape index (κ1) is 20.4. The second kappa shape index (κ2) is 8.07. The number of aromatic amines is 1. The number of nitrogens with zero attached hydrogens (tertiary/aromatic N) is 3. The monoisotopic (exact) mass is 438 g/mol. The number of H-pyrrole nitrogens is 1. The molecule has 0 bridgehead atoms. The van der Waals surface area contributed by atoms with E-state index in [1.54, 1.807) is 37.6 Å². The molecule has 0 amide bonds. The normalized spacial score (nSPS) is 14.4. The van der Waals surface area contributed by atoms with Gasteiger partial charge in [0.05, 0.1) is 18.4 Å². The van der Waals surface area contributed by atoms with E-state index in [-0.39, 0.29) is 24.2 Å². The Morgan fingerprint density at radius 2 is 1.97 bits per heavy atom. The summed E-state index contributed by atoms with van der Waals surface area (Å²) >= 11 is 1.37. The second-order valence-electron chi connectivity index (χ2n) is 6.67. The zero-order valence-corrected chi connectivity index (χ0v) is 16.6. The number of benzene rings is 1. The molecule has 7 nitrogen and oxygen atoms in total. The molecule has 0 spiro atoms. The largest absolute Gasteiger partial charge is 0.497 e. The zero-order chi connectivity index (χ0) is 21.3. The van der Waals surface area contributed by atoms with E-state index in [0.29, 0.717) is 24.0 Å². The van der Waals surface area contributed by atoms with Crippen LogP contribution < -0.4 is 15.0 Å². The van der Waals surface area contributed by atoms with Crippen LogP contribution in [-0.4, -0.2) is 33.5 Å². The Bertz CT molecular complexity index is 1100. The van der Waals surface area contributed by atoms with Gasteiger partial charge in [-0.25, -0.2) is 9.97 Å². The molecular weight excluding hydrogens is 421 g/mol. The van der Waals surface area contributed by atoms with Crippen LogP contribution in [0, 0.1) is 0 Å². The number of hydrogen-bond acceptors (Lipinski definition) is 7. The summed E-state index contributed by atoms with van der Waals surface area (Å²) in [6.45, 7) is 1.22. The van der Waals surface area contributed by atoms with Crippen LogP contribution >= 0.6 is 11.3 Å². The van der Waals surface area contributed by atoms with E-state index in [1.807, 2.05) is 9.88 Å². The van der Waals surface area contributed by atoms with Crippen molar-refractivity contribution in [2.45, 2.75) is 25.7 Å².